The Balaban J connectivity index is 1.92. The largest absolute Gasteiger partial charge is 0.321 e. The minimum Gasteiger partial charge on any atom is -0.321 e. The van der Waals surface area contributed by atoms with Crippen LogP contribution in [-0.2, 0) is 4.79 Å². The van der Waals surface area contributed by atoms with Crippen LogP contribution < -0.4 is 5.32 Å². The minimum absolute atomic E-state index is 0.0943. The molecule has 29 heavy (non-hydrogen) atoms. The summed E-state index contributed by atoms with van der Waals surface area (Å²) in [6.45, 7) is 0. The third kappa shape index (κ3) is 4.79. The molecule has 0 fully saturated rings. The van der Waals surface area contributed by atoms with Gasteiger partial charge in [-0.25, -0.2) is 0 Å². The SMILES string of the molecule is N#CC(=Cc1cn[nH]c1-c1cccc([N+](=O)[O-])c1)C(=O)Nc1cc(Cl)cc(Cl)c1. The second kappa shape index (κ2) is 8.56. The molecular weight excluding hydrogens is 417 g/mol. The van der Waals surface area contributed by atoms with E-state index in [9.17, 15) is 20.2 Å². The van der Waals surface area contributed by atoms with Gasteiger partial charge in [0.25, 0.3) is 11.6 Å². The molecule has 3 aromatic rings. The fourth-order valence-electron chi connectivity index (χ4n) is 2.54. The Bertz CT molecular complexity index is 1160. The van der Waals surface area contributed by atoms with E-state index in [2.05, 4.69) is 15.5 Å². The Morgan fingerprint density at radius 3 is 2.62 bits per heavy atom. The van der Waals surface area contributed by atoms with Gasteiger partial charge in [0, 0.05) is 39.0 Å². The van der Waals surface area contributed by atoms with Crippen molar-refractivity contribution >= 4 is 46.6 Å². The number of nitro groups is 1. The molecule has 1 heterocycles. The van der Waals surface area contributed by atoms with Crippen molar-refractivity contribution in [1.29, 1.82) is 5.26 Å². The van der Waals surface area contributed by atoms with Gasteiger partial charge >= 0.3 is 0 Å². The van der Waals surface area contributed by atoms with Crippen LogP contribution in [0.25, 0.3) is 17.3 Å². The molecule has 1 aromatic heterocycles. The lowest BCUT2D eigenvalue weighted by atomic mass is 10.1. The van der Waals surface area contributed by atoms with E-state index in [-0.39, 0.29) is 11.3 Å². The number of H-pyrrole nitrogens is 1. The summed E-state index contributed by atoms with van der Waals surface area (Å²) in [5.41, 5.74) is 1.38. The fourth-order valence-corrected chi connectivity index (χ4v) is 3.07. The molecule has 2 aromatic carbocycles. The van der Waals surface area contributed by atoms with Crippen molar-refractivity contribution < 1.29 is 9.72 Å². The number of nitro benzene ring substituents is 1. The highest BCUT2D eigenvalue weighted by atomic mass is 35.5. The molecule has 0 aliphatic carbocycles. The van der Waals surface area contributed by atoms with Crippen molar-refractivity contribution in [1.82, 2.24) is 10.2 Å². The van der Waals surface area contributed by atoms with E-state index >= 15 is 0 Å². The summed E-state index contributed by atoms with van der Waals surface area (Å²) in [6, 6.07) is 12.2. The molecule has 1 amide bonds. The zero-order valence-corrected chi connectivity index (χ0v) is 16.0. The van der Waals surface area contributed by atoms with Crippen molar-refractivity contribution in [3.8, 4) is 17.3 Å². The van der Waals surface area contributed by atoms with E-state index in [1.54, 1.807) is 6.07 Å². The number of rotatable bonds is 5. The molecule has 0 spiro atoms. The van der Waals surface area contributed by atoms with E-state index < -0.39 is 10.8 Å². The van der Waals surface area contributed by atoms with Gasteiger partial charge in [-0.1, -0.05) is 35.3 Å². The first-order chi connectivity index (χ1) is 13.9. The van der Waals surface area contributed by atoms with Crippen LogP contribution in [0.4, 0.5) is 11.4 Å². The smallest absolute Gasteiger partial charge is 0.270 e. The number of hydrogen-bond donors (Lipinski definition) is 2. The molecule has 8 nitrogen and oxygen atoms in total. The first-order valence-corrected chi connectivity index (χ1v) is 8.80. The first-order valence-electron chi connectivity index (χ1n) is 8.05. The van der Waals surface area contributed by atoms with Gasteiger partial charge in [0.15, 0.2) is 0 Å². The number of aromatic nitrogens is 2. The highest BCUT2D eigenvalue weighted by molar-refractivity contribution is 6.35. The molecule has 0 aliphatic heterocycles. The summed E-state index contributed by atoms with van der Waals surface area (Å²) < 4.78 is 0. The summed E-state index contributed by atoms with van der Waals surface area (Å²) in [5, 5.41) is 30.3. The average Bonchev–Trinajstić information content (AvgIpc) is 3.13. The Morgan fingerprint density at radius 2 is 1.97 bits per heavy atom. The number of nitrogens with one attached hydrogen (secondary N) is 2. The Labute approximate surface area is 174 Å². The third-order valence-electron chi connectivity index (χ3n) is 3.80. The standard InChI is InChI=1S/C19H11Cl2N5O3/c20-14-6-15(21)8-16(7-14)24-19(27)12(9-22)4-13-10-23-25-18(13)11-2-1-3-17(5-11)26(28)29/h1-8,10H,(H,23,25)(H,24,27). The van der Waals surface area contributed by atoms with Crippen LogP contribution in [0.1, 0.15) is 5.56 Å². The number of anilines is 1. The predicted molar refractivity (Wildman–Crippen MR) is 109 cm³/mol. The Morgan fingerprint density at radius 1 is 1.24 bits per heavy atom. The van der Waals surface area contributed by atoms with Crippen LogP contribution in [-0.4, -0.2) is 21.0 Å². The molecule has 0 unspecified atom stereocenters. The fraction of sp³-hybridized carbons (Fsp3) is 0. The quantitative estimate of drug-likeness (QED) is 0.260. The van der Waals surface area contributed by atoms with E-state index in [0.29, 0.717) is 32.6 Å². The van der Waals surface area contributed by atoms with Gasteiger partial charge in [0.2, 0.25) is 0 Å². The van der Waals surface area contributed by atoms with Crippen molar-refractivity contribution in [3.05, 3.63) is 80.0 Å². The van der Waals surface area contributed by atoms with Gasteiger partial charge in [-0.2, -0.15) is 10.4 Å². The van der Waals surface area contributed by atoms with Crippen LogP contribution in [0.3, 0.4) is 0 Å². The van der Waals surface area contributed by atoms with Crippen LogP contribution >= 0.6 is 23.2 Å². The molecule has 2 N–H and O–H groups in total. The molecule has 0 saturated carbocycles. The van der Waals surface area contributed by atoms with Crippen molar-refractivity contribution in [2.45, 2.75) is 0 Å². The maximum atomic E-state index is 12.5. The van der Waals surface area contributed by atoms with Gasteiger partial charge < -0.3 is 5.32 Å². The topological polar surface area (TPSA) is 125 Å². The molecule has 144 valence electrons. The van der Waals surface area contributed by atoms with Gasteiger partial charge in [-0.05, 0) is 24.3 Å². The molecular formula is C19H11Cl2N5O3. The summed E-state index contributed by atoms with van der Waals surface area (Å²) in [4.78, 5) is 23.0. The Hall–Kier alpha value is -3.67. The highest BCUT2D eigenvalue weighted by Gasteiger charge is 2.15. The second-order valence-electron chi connectivity index (χ2n) is 5.79. The normalized spacial score (nSPS) is 11.0. The number of amides is 1. The number of halogens is 2. The van der Waals surface area contributed by atoms with E-state index in [1.807, 2.05) is 6.07 Å². The number of nitriles is 1. The van der Waals surface area contributed by atoms with E-state index in [4.69, 9.17) is 23.2 Å². The number of non-ortho nitro benzene ring substituents is 1. The average molecular weight is 428 g/mol. The van der Waals surface area contributed by atoms with E-state index in [1.165, 1.54) is 48.7 Å². The lowest BCUT2D eigenvalue weighted by Crippen LogP contribution is -2.13. The number of aromatic amines is 1. The van der Waals surface area contributed by atoms with Crippen LogP contribution in [0.15, 0.2) is 54.2 Å². The molecule has 10 heteroatoms. The number of nitrogens with zero attached hydrogens (tertiary/aromatic N) is 3. The van der Waals surface area contributed by atoms with Crippen molar-refractivity contribution in [2.75, 3.05) is 5.32 Å². The Kier molecular flexibility index (Phi) is 5.93. The van der Waals surface area contributed by atoms with Crippen molar-refractivity contribution in [2.24, 2.45) is 0 Å². The molecule has 3 rings (SSSR count). The van der Waals surface area contributed by atoms with Gasteiger partial charge in [0.1, 0.15) is 11.6 Å². The maximum Gasteiger partial charge on any atom is 0.270 e. The highest BCUT2D eigenvalue weighted by Crippen LogP contribution is 2.27. The summed E-state index contributed by atoms with van der Waals surface area (Å²) >= 11 is 11.8. The lowest BCUT2D eigenvalue weighted by molar-refractivity contribution is -0.384. The van der Waals surface area contributed by atoms with Gasteiger partial charge in [0.05, 0.1) is 16.8 Å². The predicted octanol–water partition coefficient (Wildman–Crippen LogP) is 4.84. The monoisotopic (exact) mass is 427 g/mol. The number of carbonyl (C=O) groups excluding carboxylic acids is 1. The summed E-state index contributed by atoms with van der Waals surface area (Å²) in [7, 11) is 0. The maximum absolute atomic E-state index is 12.5. The number of benzene rings is 2. The van der Waals surface area contributed by atoms with Gasteiger partial charge in [-0.15, -0.1) is 0 Å². The summed E-state index contributed by atoms with van der Waals surface area (Å²) in [6.07, 6.45) is 2.74. The van der Waals surface area contributed by atoms with Crippen LogP contribution in [0.5, 0.6) is 0 Å². The summed E-state index contributed by atoms with van der Waals surface area (Å²) in [5.74, 6) is -0.669. The number of hydrogen-bond acceptors (Lipinski definition) is 5. The zero-order valence-electron chi connectivity index (χ0n) is 14.5. The second-order valence-corrected chi connectivity index (χ2v) is 6.66. The minimum atomic E-state index is -0.669. The molecule has 0 atom stereocenters. The molecule has 0 aliphatic rings. The van der Waals surface area contributed by atoms with Crippen molar-refractivity contribution in [3.63, 3.8) is 0 Å². The zero-order chi connectivity index (χ0) is 21.0. The van der Waals surface area contributed by atoms with Gasteiger partial charge in [-0.3, -0.25) is 20.0 Å². The van der Waals surface area contributed by atoms with Crippen LogP contribution in [0.2, 0.25) is 10.0 Å². The third-order valence-corrected chi connectivity index (χ3v) is 4.24. The molecule has 0 bridgehead atoms. The first kappa shape index (κ1) is 20.1. The number of carbonyl (C=O) groups is 1. The van der Waals surface area contributed by atoms with Crippen LogP contribution in [0, 0.1) is 21.4 Å². The van der Waals surface area contributed by atoms with E-state index in [0.717, 1.165) is 0 Å². The molecule has 0 saturated heterocycles. The lowest BCUT2D eigenvalue weighted by Gasteiger charge is -2.06. The molecule has 0 radical (unpaired) electrons.